The SMILES string of the molecule is CCC(=O)N1CCc2cc(Br)c(S(=O)(=O)N3CCC[C@@H](C(=O)Nc4ccc(Br)c(C)c4)C3)cc21. The second kappa shape index (κ2) is 10.1. The van der Waals surface area contributed by atoms with Gasteiger partial charge in [-0.15, -0.1) is 0 Å². The number of sulfonamides is 1. The van der Waals surface area contributed by atoms with Crippen molar-refractivity contribution in [2.75, 3.05) is 29.9 Å². The van der Waals surface area contributed by atoms with Gasteiger partial charge in [0.1, 0.15) is 0 Å². The third-order valence-electron chi connectivity index (χ3n) is 6.43. The Morgan fingerprint density at radius 2 is 1.88 bits per heavy atom. The van der Waals surface area contributed by atoms with Gasteiger partial charge in [-0.3, -0.25) is 9.59 Å². The highest BCUT2D eigenvalue weighted by molar-refractivity contribution is 9.10. The lowest BCUT2D eigenvalue weighted by molar-refractivity contribution is -0.121. The summed E-state index contributed by atoms with van der Waals surface area (Å²) in [6, 6.07) is 8.97. The van der Waals surface area contributed by atoms with Gasteiger partial charge in [-0.25, -0.2) is 8.42 Å². The second-order valence-electron chi connectivity index (χ2n) is 8.72. The summed E-state index contributed by atoms with van der Waals surface area (Å²) in [7, 11) is -3.86. The summed E-state index contributed by atoms with van der Waals surface area (Å²) in [4.78, 5) is 27.1. The molecule has 2 aromatic carbocycles. The molecule has 4 rings (SSSR count). The van der Waals surface area contributed by atoms with Crippen molar-refractivity contribution in [3.8, 4) is 0 Å². The number of nitrogens with zero attached hydrogens (tertiary/aromatic N) is 2. The van der Waals surface area contributed by atoms with E-state index in [1.165, 1.54) is 4.31 Å². The maximum absolute atomic E-state index is 13.6. The summed E-state index contributed by atoms with van der Waals surface area (Å²) in [6.45, 7) is 4.76. The molecule has 0 spiro atoms. The molecule has 0 unspecified atom stereocenters. The largest absolute Gasteiger partial charge is 0.326 e. The molecule has 7 nitrogen and oxygen atoms in total. The van der Waals surface area contributed by atoms with Gasteiger partial charge in [-0.2, -0.15) is 4.31 Å². The normalized spacial score (nSPS) is 18.6. The first-order valence-corrected chi connectivity index (χ1v) is 14.3. The van der Waals surface area contributed by atoms with Crippen LogP contribution in [0.2, 0.25) is 0 Å². The molecule has 0 radical (unpaired) electrons. The van der Waals surface area contributed by atoms with Crippen molar-refractivity contribution in [1.29, 1.82) is 0 Å². The standard InChI is InChI=1S/C24H27Br2N3O4S/c1-3-23(30)29-10-8-16-12-20(26)22(13-21(16)29)34(32,33)28-9-4-5-17(14-28)24(31)27-18-6-7-19(25)15(2)11-18/h6-7,11-13,17H,3-5,8-10,14H2,1-2H3,(H,27,31)/t17-/m1/s1. The van der Waals surface area contributed by atoms with E-state index in [-0.39, 0.29) is 23.3 Å². The van der Waals surface area contributed by atoms with Crippen LogP contribution in [0.5, 0.6) is 0 Å². The molecule has 0 saturated carbocycles. The fraction of sp³-hybridized carbons (Fsp3) is 0.417. The Labute approximate surface area is 217 Å². The van der Waals surface area contributed by atoms with Crippen LogP contribution in [-0.4, -0.2) is 44.2 Å². The smallest absolute Gasteiger partial charge is 0.244 e. The molecule has 0 aliphatic carbocycles. The lowest BCUT2D eigenvalue weighted by Crippen LogP contribution is -2.43. The van der Waals surface area contributed by atoms with Gasteiger partial charge in [0.25, 0.3) is 0 Å². The monoisotopic (exact) mass is 611 g/mol. The number of hydrogen-bond acceptors (Lipinski definition) is 4. The molecule has 10 heteroatoms. The van der Waals surface area contributed by atoms with Gasteiger partial charge in [-0.1, -0.05) is 22.9 Å². The number of amides is 2. The molecule has 2 aliphatic heterocycles. The number of aryl methyl sites for hydroxylation is 1. The van der Waals surface area contributed by atoms with Crippen molar-refractivity contribution in [1.82, 2.24) is 4.31 Å². The molecule has 2 amide bonds. The second-order valence-corrected chi connectivity index (χ2v) is 12.3. The van der Waals surface area contributed by atoms with Crippen LogP contribution < -0.4 is 10.2 Å². The van der Waals surface area contributed by atoms with Crippen LogP contribution >= 0.6 is 31.9 Å². The number of benzene rings is 2. The number of carbonyl (C=O) groups is 2. The minimum absolute atomic E-state index is 0.0256. The molecule has 0 bridgehead atoms. The van der Waals surface area contributed by atoms with Gasteiger partial charge >= 0.3 is 0 Å². The van der Waals surface area contributed by atoms with E-state index in [2.05, 4.69) is 37.2 Å². The van der Waals surface area contributed by atoms with Gasteiger partial charge in [0, 0.05) is 46.4 Å². The Bertz CT molecular complexity index is 1250. The Morgan fingerprint density at radius 3 is 2.59 bits per heavy atom. The molecule has 2 aromatic rings. The highest BCUT2D eigenvalue weighted by Gasteiger charge is 2.36. The number of halogens is 2. The molecular formula is C24H27Br2N3O4S. The Hall–Kier alpha value is -1.75. The molecule has 1 N–H and O–H groups in total. The van der Waals surface area contributed by atoms with Crippen LogP contribution in [0, 0.1) is 12.8 Å². The number of carbonyl (C=O) groups excluding carboxylic acids is 2. The first-order valence-electron chi connectivity index (χ1n) is 11.3. The minimum Gasteiger partial charge on any atom is -0.326 e. The van der Waals surface area contributed by atoms with E-state index >= 15 is 0 Å². The fourth-order valence-corrected chi connectivity index (χ4v) is 7.36. The quantitative estimate of drug-likeness (QED) is 0.523. The maximum atomic E-state index is 13.6. The van der Waals surface area contributed by atoms with Crippen LogP contribution in [0.15, 0.2) is 44.2 Å². The number of rotatable bonds is 5. The fourth-order valence-electron chi connectivity index (χ4n) is 4.52. The molecule has 34 heavy (non-hydrogen) atoms. The molecule has 1 atom stereocenters. The van der Waals surface area contributed by atoms with Gasteiger partial charge in [-0.05, 0) is 83.6 Å². The average molecular weight is 613 g/mol. The summed E-state index contributed by atoms with van der Waals surface area (Å²) >= 11 is 6.89. The molecule has 2 aliphatic rings. The molecular weight excluding hydrogens is 586 g/mol. The maximum Gasteiger partial charge on any atom is 0.244 e. The third-order valence-corrected chi connectivity index (χ3v) is 10.1. The van der Waals surface area contributed by atoms with Gasteiger partial charge in [0.15, 0.2) is 0 Å². The van der Waals surface area contributed by atoms with Crippen LogP contribution in [-0.2, 0) is 26.0 Å². The lowest BCUT2D eigenvalue weighted by Gasteiger charge is -2.31. The van der Waals surface area contributed by atoms with Crippen molar-refractivity contribution >= 4 is 65.1 Å². The van der Waals surface area contributed by atoms with Crippen molar-refractivity contribution in [3.63, 3.8) is 0 Å². The zero-order chi connectivity index (χ0) is 24.6. The first kappa shape index (κ1) is 25.3. The Kier molecular flexibility index (Phi) is 7.52. The summed E-state index contributed by atoms with van der Waals surface area (Å²) < 4.78 is 30.1. The average Bonchev–Trinajstić information content (AvgIpc) is 3.23. The lowest BCUT2D eigenvalue weighted by atomic mass is 9.98. The Morgan fingerprint density at radius 1 is 1.12 bits per heavy atom. The number of nitrogens with one attached hydrogen (secondary N) is 1. The molecule has 182 valence electrons. The topological polar surface area (TPSA) is 86.8 Å². The van der Waals surface area contributed by atoms with Crippen LogP contribution in [0.4, 0.5) is 11.4 Å². The molecule has 0 aromatic heterocycles. The van der Waals surface area contributed by atoms with Crippen LogP contribution in [0.3, 0.4) is 0 Å². The van der Waals surface area contributed by atoms with Gasteiger partial charge < -0.3 is 10.2 Å². The third kappa shape index (κ3) is 4.96. The summed E-state index contributed by atoms with van der Waals surface area (Å²) in [5, 5.41) is 2.93. The Balaban J connectivity index is 1.55. The van der Waals surface area contributed by atoms with Crippen molar-refractivity contribution in [3.05, 3.63) is 50.4 Å². The zero-order valence-corrected chi connectivity index (χ0v) is 23.1. The zero-order valence-electron chi connectivity index (χ0n) is 19.1. The van der Waals surface area contributed by atoms with E-state index in [0.29, 0.717) is 54.6 Å². The summed E-state index contributed by atoms with van der Waals surface area (Å²) in [5.41, 5.74) is 3.30. The summed E-state index contributed by atoms with van der Waals surface area (Å²) in [6.07, 6.45) is 2.27. The van der Waals surface area contributed by atoms with E-state index in [1.807, 2.05) is 25.1 Å². The predicted octanol–water partition coefficient (Wildman–Crippen LogP) is 4.86. The van der Waals surface area contributed by atoms with E-state index < -0.39 is 15.9 Å². The first-order chi connectivity index (χ1) is 16.1. The molecule has 2 heterocycles. The number of fused-ring (bicyclic) bond motifs is 1. The van der Waals surface area contributed by atoms with E-state index in [1.54, 1.807) is 24.0 Å². The number of anilines is 2. The molecule has 1 fully saturated rings. The van der Waals surface area contributed by atoms with Gasteiger partial charge in [0.05, 0.1) is 10.8 Å². The predicted molar refractivity (Wildman–Crippen MR) is 139 cm³/mol. The highest BCUT2D eigenvalue weighted by atomic mass is 79.9. The minimum atomic E-state index is -3.86. The summed E-state index contributed by atoms with van der Waals surface area (Å²) in [5.74, 6) is -0.657. The van der Waals surface area contributed by atoms with E-state index in [4.69, 9.17) is 0 Å². The van der Waals surface area contributed by atoms with Crippen molar-refractivity contribution in [2.45, 2.75) is 44.4 Å². The van der Waals surface area contributed by atoms with E-state index in [0.717, 1.165) is 15.6 Å². The van der Waals surface area contributed by atoms with Gasteiger partial charge in [0.2, 0.25) is 21.8 Å². The van der Waals surface area contributed by atoms with Crippen molar-refractivity contribution in [2.24, 2.45) is 5.92 Å². The van der Waals surface area contributed by atoms with Crippen LogP contribution in [0.25, 0.3) is 0 Å². The number of hydrogen-bond donors (Lipinski definition) is 1. The van der Waals surface area contributed by atoms with Crippen LogP contribution in [0.1, 0.15) is 37.3 Å². The number of piperidine rings is 1. The van der Waals surface area contributed by atoms with E-state index in [9.17, 15) is 18.0 Å². The highest BCUT2D eigenvalue weighted by Crippen LogP contribution is 2.37. The van der Waals surface area contributed by atoms with Crippen molar-refractivity contribution < 1.29 is 18.0 Å². The molecule has 1 saturated heterocycles.